The van der Waals surface area contributed by atoms with Gasteiger partial charge in [0.15, 0.2) is 0 Å². The van der Waals surface area contributed by atoms with Gasteiger partial charge in [0.25, 0.3) is 0 Å². The number of carbonyl (C=O) groups is 2. The molecule has 18 heavy (non-hydrogen) atoms. The number of nitrogens with two attached hydrogens (primary N) is 2. The predicted octanol–water partition coefficient (Wildman–Crippen LogP) is 0.667. The van der Waals surface area contributed by atoms with E-state index < -0.39 is 17.9 Å². The zero-order valence-corrected chi connectivity index (χ0v) is 10.4. The fraction of sp³-hybridized carbons (Fsp3) is 0.333. The lowest BCUT2D eigenvalue weighted by atomic mass is 10.1. The molecule has 5 N–H and O–H groups in total. The van der Waals surface area contributed by atoms with Gasteiger partial charge in [-0.3, -0.25) is 4.79 Å². The van der Waals surface area contributed by atoms with Gasteiger partial charge in [0.05, 0.1) is 11.3 Å². The summed E-state index contributed by atoms with van der Waals surface area (Å²) in [7, 11) is 1.64. The van der Waals surface area contributed by atoms with Gasteiger partial charge in [-0.25, -0.2) is 4.79 Å². The van der Waals surface area contributed by atoms with E-state index in [1.807, 2.05) is 6.92 Å². The van der Waals surface area contributed by atoms with Gasteiger partial charge in [0, 0.05) is 12.7 Å². The Morgan fingerprint density at radius 3 is 2.50 bits per heavy atom. The fourth-order valence-corrected chi connectivity index (χ4v) is 1.87. The third-order valence-corrected chi connectivity index (χ3v) is 2.81. The second-order valence-electron chi connectivity index (χ2n) is 4.02. The Kier molecular flexibility index (Phi) is 4.14. The summed E-state index contributed by atoms with van der Waals surface area (Å²) in [6.07, 6.45) is 0.495. The van der Waals surface area contributed by atoms with Crippen LogP contribution in [0.25, 0.3) is 0 Å². The number of carbonyl (C=O) groups excluding carboxylic acids is 1. The minimum absolute atomic E-state index is 0.0530. The van der Waals surface area contributed by atoms with Crippen LogP contribution in [0.1, 0.15) is 23.7 Å². The van der Waals surface area contributed by atoms with Crippen molar-refractivity contribution >= 4 is 23.3 Å². The predicted molar refractivity (Wildman–Crippen MR) is 69.5 cm³/mol. The summed E-state index contributed by atoms with van der Waals surface area (Å²) in [5, 5.41) is 9.13. The van der Waals surface area contributed by atoms with E-state index in [0.29, 0.717) is 17.8 Å². The molecule has 1 rings (SSSR count). The molecule has 0 aliphatic heterocycles. The number of likely N-dealkylation sites (N-methyl/N-ethyl adjacent to an activating group) is 1. The van der Waals surface area contributed by atoms with Crippen molar-refractivity contribution in [3.8, 4) is 0 Å². The molecule has 0 aromatic heterocycles. The molecule has 0 saturated heterocycles. The Morgan fingerprint density at radius 2 is 2.06 bits per heavy atom. The maximum atomic E-state index is 11.3. The second kappa shape index (κ2) is 5.39. The second-order valence-corrected chi connectivity index (χ2v) is 4.02. The van der Waals surface area contributed by atoms with E-state index >= 15 is 0 Å². The van der Waals surface area contributed by atoms with Crippen LogP contribution in [0, 0.1) is 0 Å². The number of rotatable bonds is 5. The monoisotopic (exact) mass is 251 g/mol. The summed E-state index contributed by atoms with van der Waals surface area (Å²) in [5.41, 5.74) is 11.7. The normalized spacial score (nSPS) is 11.9. The minimum atomic E-state index is -1.09. The highest BCUT2D eigenvalue weighted by atomic mass is 16.4. The molecule has 0 spiro atoms. The molecule has 0 heterocycles. The van der Waals surface area contributed by atoms with Crippen LogP contribution in [-0.4, -0.2) is 30.1 Å². The van der Waals surface area contributed by atoms with E-state index in [-0.39, 0.29) is 5.56 Å². The van der Waals surface area contributed by atoms with Gasteiger partial charge >= 0.3 is 5.97 Å². The SMILES string of the molecule is CCC(C(N)=O)N(C)c1ccc(N)cc1C(=O)O. The fourth-order valence-electron chi connectivity index (χ4n) is 1.87. The lowest BCUT2D eigenvalue weighted by Crippen LogP contribution is -2.42. The van der Waals surface area contributed by atoms with Crippen molar-refractivity contribution in [2.24, 2.45) is 5.73 Å². The number of nitrogen functional groups attached to an aromatic ring is 1. The Bertz CT molecular complexity index is 474. The quantitative estimate of drug-likeness (QED) is 0.666. The zero-order chi connectivity index (χ0) is 13.9. The van der Waals surface area contributed by atoms with Crippen LogP contribution >= 0.6 is 0 Å². The molecule has 1 aromatic carbocycles. The highest BCUT2D eigenvalue weighted by molar-refractivity contribution is 5.96. The summed E-state index contributed by atoms with van der Waals surface area (Å²) in [6.45, 7) is 1.81. The highest BCUT2D eigenvalue weighted by Crippen LogP contribution is 2.24. The molecule has 0 bridgehead atoms. The van der Waals surface area contributed by atoms with E-state index in [0.717, 1.165) is 0 Å². The molecule has 1 amide bonds. The van der Waals surface area contributed by atoms with Crippen molar-refractivity contribution in [1.29, 1.82) is 0 Å². The number of aromatic carboxylic acids is 1. The smallest absolute Gasteiger partial charge is 0.337 e. The first-order chi connectivity index (χ1) is 8.38. The molecular formula is C12H17N3O3. The van der Waals surface area contributed by atoms with Crippen LogP contribution in [0.2, 0.25) is 0 Å². The van der Waals surface area contributed by atoms with Gasteiger partial charge in [0.2, 0.25) is 5.91 Å². The van der Waals surface area contributed by atoms with Gasteiger partial charge in [-0.05, 0) is 24.6 Å². The summed E-state index contributed by atoms with van der Waals surface area (Å²) in [4.78, 5) is 24.0. The highest BCUT2D eigenvalue weighted by Gasteiger charge is 2.23. The third kappa shape index (κ3) is 2.71. The molecule has 0 aliphatic carbocycles. The van der Waals surface area contributed by atoms with Crippen molar-refractivity contribution in [3.63, 3.8) is 0 Å². The first-order valence-electron chi connectivity index (χ1n) is 5.53. The van der Waals surface area contributed by atoms with Crippen LogP contribution < -0.4 is 16.4 Å². The van der Waals surface area contributed by atoms with Gasteiger partial charge in [-0.15, -0.1) is 0 Å². The first kappa shape index (κ1) is 13.8. The molecule has 0 radical (unpaired) electrons. The van der Waals surface area contributed by atoms with Crippen molar-refractivity contribution in [2.75, 3.05) is 17.7 Å². The van der Waals surface area contributed by atoms with Crippen molar-refractivity contribution in [2.45, 2.75) is 19.4 Å². The molecule has 1 atom stereocenters. The maximum Gasteiger partial charge on any atom is 0.337 e. The van der Waals surface area contributed by atoms with Gasteiger partial charge in [-0.2, -0.15) is 0 Å². The number of amides is 1. The minimum Gasteiger partial charge on any atom is -0.478 e. The van der Waals surface area contributed by atoms with E-state index in [1.165, 1.54) is 6.07 Å². The molecule has 1 unspecified atom stereocenters. The average molecular weight is 251 g/mol. The third-order valence-electron chi connectivity index (χ3n) is 2.81. The number of anilines is 2. The van der Waals surface area contributed by atoms with E-state index in [4.69, 9.17) is 16.6 Å². The van der Waals surface area contributed by atoms with Crippen LogP contribution in [0.4, 0.5) is 11.4 Å². The number of hydrogen-bond donors (Lipinski definition) is 3. The van der Waals surface area contributed by atoms with Crippen LogP contribution in [0.5, 0.6) is 0 Å². The molecule has 0 aliphatic rings. The standard InChI is InChI=1S/C12H17N3O3/c1-3-9(11(14)16)15(2)10-5-4-7(13)6-8(10)12(17)18/h4-6,9H,3,13H2,1-2H3,(H2,14,16)(H,17,18). The topological polar surface area (TPSA) is 110 Å². The van der Waals surface area contributed by atoms with E-state index in [9.17, 15) is 9.59 Å². The Hall–Kier alpha value is -2.24. The Morgan fingerprint density at radius 1 is 1.44 bits per heavy atom. The molecular weight excluding hydrogens is 234 g/mol. The van der Waals surface area contributed by atoms with Crippen LogP contribution in [0.15, 0.2) is 18.2 Å². The Labute approximate surface area is 105 Å². The lowest BCUT2D eigenvalue weighted by molar-refractivity contribution is -0.119. The molecule has 0 fully saturated rings. The van der Waals surface area contributed by atoms with E-state index in [2.05, 4.69) is 0 Å². The molecule has 6 nitrogen and oxygen atoms in total. The molecule has 1 aromatic rings. The summed E-state index contributed by atoms with van der Waals surface area (Å²) in [6, 6.07) is 3.98. The average Bonchev–Trinajstić information content (AvgIpc) is 2.28. The van der Waals surface area contributed by atoms with Crippen molar-refractivity contribution in [3.05, 3.63) is 23.8 Å². The van der Waals surface area contributed by atoms with Crippen LogP contribution in [0.3, 0.4) is 0 Å². The molecule has 98 valence electrons. The number of benzene rings is 1. The zero-order valence-electron chi connectivity index (χ0n) is 10.4. The van der Waals surface area contributed by atoms with Gasteiger partial charge in [-0.1, -0.05) is 6.92 Å². The summed E-state index contributed by atoms with van der Waals surface area (Å²) < 4.78 is 0. The number of nitrogens with zero attached hydrogens (tertiary/aromatic N) is 1. The molecule has 0 saturated carbocycles. The maximum absolute atomic E-state index is 11.3. The lowest BCUT2D eigenvalue weighted by Gasteiger charge is -2.28. The summed E-state index contributed by atoms with van der Waals surface area (Å²) >= 11 is 0. The first-order valence-corrected chi connectivity index (χ1v) is 5.53. The summed E-state index contributed by atoms with van der Waals surface area (Å²) in [5.74, 6) is -1.59. The number of carboxylic acids is 1. The largest absolute Gasteiger partial charge is 0.478 e. The van der Waals surface area contributed by atoms with Crippen molar-refractivity contribution < 1.29 is 14.7 Å². The van der Waals surface area contributed by atoms with Crippen LogP contribution in [-0.2, 0) is 4.79 Å². The molecule has 6 heteroatoms. The van der Waals surface area contributed by atoms with Crippen molar-refractivity contribution in [1.82, 2.24) is 0 Å². The Balaban J connectivity index is 3.23. The number of carboxylic acid groups (broad SMARTS) is 1. The van der Waals surface area contributed by atoms with Gasteiger partial charge in [0.1, 0.15) is 6.04 Å². The van der Waals surface area contributed by atoms with Gasteiger partial charge < -0.3 is 21.5 Å². The number of hydrogen-bond acceptors (Lipinski definition) is 4. The van der Waals surface area contributed by atoms with E-state index in [1.54, 1.807) is 24.1 Å². The number of primary amides is 1.